The summed E-state index contributed by atoms with van der Waals surface area (Å²) in [4.78, 5) is 0. The van der Waals surface area contributed by atoms with E-state index in [0.717, 1.165) is 18.8 Å². The molecule has 0 aromatic heterocycles. The van der Waals surface area contributed by atoms with Gasteiger partial charge < -0.3 is 4.74 Å². The van der Waals surface area contributed by atoms with Gasteiger partial charge in [-0.15, -0.1) is 6.58 Å². The van der Waals surface area contributed by atoms with Crippen molar-refractivity contribution in [2.75, 3.05) is 19.0 Å². The maximum atomic E-state index is 5.26. The molecule has 10 heavy (non-hydrogen) atoms. The molecule has 0 rings (SSSR count). The third kappa shape index (κ3) is 4.89. The van der Waals surface area contributed by atoms with Crippen LogP contribution in [0.3, 0.4) is 0 Å². The summed E-state index contributed by atoms with van der Waals surface area (Å²) in [5.74, 6) is 1.51. The van der Waals surface area contributed by atoms with Crippen molar-refractivity contribution in [3.8, 4) is 0 Å². The molecule has 0 heterocycles. The van der Waals surface area contributed by atoms with Crippen LogP contribution in [0.5, 0.6) is 0 Å². The first-order valence-corrected chi connectivity index (χ1v) is 4.27. The van der Waals surface area contributed by atoms with Crippen molar-refractivity contribution in [3.05, 3.63) is 12.7 Å². The number of hydrogen-bond acceptors (Lipinski definition) is 2. The second kappa shape index (κ2) is 7.16. The van der Waals surface area contributed by atoms with Crippen molar-refractivity contribution in [2.24, 2.45) is 5.92 Å². The van der Waals surface area contributed by atoms with Crippen LogP contribution in [-0.4, -0.2) is 19.0 Å². The minimum absolute atomic E-state index is 0.600. The van der Waals surface area contributed by atoms with E-state index in [-0.39, 0.29) is 0 Å². The summed E-state index contributed by atoms with van der Waals surface area (Å²) in [5, 5.41) is 0. The Bertz CT molecular complexity index is 79.3. The van der Waals surface area contributed by atoms with Crippen LogP contribution in [0.4, 0.5) is 0 Å². The Labute approximate surface area is 68.9 Å². The monoisotopic (exact) mass is 160 g/mol. The average Bonchev–Trinajstić information content (AvgIpc) is 1.99. The molecule has 0 radical (unpaired) electrons. The van der Waals surface area contributed by atoms with Crippen LogP contribution in [0, 0.1) is 5.92 Å². The fraction of sp³-hybridized carbons (Fsp3) is 0.750. The molecule has 0 amide bonds. The summed E-state index contributed by atoms with van der Waals surface area (Å²) < 4.78 is 5.26. The molecule has 0 spiro atoms. The molecule has 0 aliphatic heterocycles. The Morgan fingerprint density at radius 1 is 1.70 bits per heavy atom. The molecule has 0 aromatic carbocycles. The van der Waals surface area contributed by atoms with Crippen molar-refractivity contribution in [1.82, 2.24) is 0 Å². The molecule has 1 nitrogen and oxygen atoms in total. The first-order chi connectivity index (χ1) is 4.85. The van der Waals surface area contributed by atoms with E-state index in [9.17, 15) is 0 Å². The van der Waals surface area contributed by atoms with Crippen molar-refractivity contribution in [3.63, 3.8) is 0 Å². The normalized spacial score (nSPS) is 13.0. The minimum atomic E-state index is 0.600. The van der Waals surface area contributed by atoms with Crippen molar-refractivity contribution >= 4 is 12.6 Å². The van der Waals surface area contributed by atoms with E-state index in [1.807, 2.05) is 0 Å². The lowest BCUT2D eigenvalue weighted by molar-refractivity contribution is 0.129. The molecular weight excluding hydrogens is 144 g/mol. The van der Waals surface area contributed by atoms with E-state index in [0.29, 0.717) is 12.5 Å². The van der Waals surface area contributed by atoms with Crippen LogP contribution in [-0.2, 0) is 4.74 Å². The topological polar surface area (TPSA) is 9.23 Å². The third-order valence-electron chi connectivity index (χ3n) is 1.42. The number of rotatable bonds is 6. The number of hydrogen-bond donors (Lipinski definition) is 1. The first kappa shape index (κ1) is 10.0. The smallest absolute Gasteiger partial charge is 0.0644 e. The summed E-state index contributed by atoms with van der Waals surface area (Å²) in [6.45, 7) is 7.18. The Kier molecular flexibility index (Phi) is 7.20. The second-order valence-electron chi connectivity index (χ2n) is 2.28. The van der Waals surface area contributed by atoms with Crippen molar-refractivity contribution in [2.45, 2.75) is 13.3 Å². The van der Waals surface area contributed by atoms with Gasteiger partial charge in [0.1, 0.15) is 0 Å². The van der Waals surface area contributed by atoms with E-state index in [2.05, 4.69) is 26.1 Å². The van der Waals surface area contributed by atoms with Crippen LogP contribution in [0.15, 0.2) is 12.7 Å². The van der Waals surface area contributed by atoms with Gasteiger partial charge in [0.05, 0.1) is 13.2 Å². The highest BCUT2D eigenvalue weighted by molar-refractivity contribution is 7.80. The Morgan fingerprint density at radius 2 is 2.40 bits per heavy atom. The molecule has 0 aliphatic rings. The summed E-state index contributed by atoms with van der Waals surface area (Å²) in [6.07, 6.45) is 2.91. The first-order valence-electron chi connectivity index (χ1n) is 3.64. The quantitative estimate of drug-likeness (QED) is 0.356. The highest BCUT2D eigenvalue weighted by atomic mass is 32.1. The molecule has 2 heteroatoms. The van der Waals surface area contributed by atoms with Crippen molar-refractivity contribution < 1.29 is 4.74 Å². The van der Waals surface area contributed by atoms with Gasteiger partial charge in [-0.1, -0.05) is 19.4 Å². The molecule has 60 valence electrons. The summed E-state index contributed by atoms with van der Waals surface area (Å²) in [7, 11) is 0. The zero-order chi connectivity index (χ0) is 7.82. The molecule has 0 fully saturated rings. The third-order valence-corrected chi connectivity index (χ3v) is 1.94. The SMILES string of the molecule is C=CCOCC(CC)CS. The molecule has 0 saturated heterocycles. The molecule has 1 unspecified atom stereocenters. The summed E-state index contributed by atoms with van der Waals surface area (Å²) in [6, 6.07) is 0. The average molecular weight is 160 g/mol. The molecular formula is C8H16OS. The van der Waals surface area contributed by atoms with Crippen LogP contribution in [0.2, 0.25) is 0 Å². The van der Waals surface area contributed by atoms with Gasteiger partial charge in [0.25, 0.3) is 0 Å². The summed E-state index contributed by atoms with van der Waals surface area (Å²) in [5.41, 5.74) is 0. The Balaban J connectivity index is 3.16. The highest BCUT2D eigenvalue weighted by Crippen LogP contribution is 2.04. The Hall–Kier alpha value is 0.0500. The molecule has 0 aromatic rings. The van der Waals surface area contributed by atoms with Crippen LogP contribution in [0.25, 0.3) is 0 Å². The van der Waals surface area contributed by atoms with Crippen LogP contribution < -0.4 is 0 Å². The van der Waals surface area contributed by atoms with E-state index in [1.165, 1.54) is 0 Å². The number of thiol groups is 1. The lowest BCUT2D eigenvalue weighted by Gasteiger charge is -2.10. The lowest BCUT2D eigenvalue weighted by Crippen LogP contribution is -2.09. The van der Waals surface area contributed by atoms with Gasteiger partial charge in [0.2, 0.25) is 0 Å². The van der Waals surface area contributed by atoms with E-state index in [1.54, 1.807) is 6.08 Å². The fourth-order valence-electron chi connectivity index (χ4n) is 0.618. The molecule has 0 N–H and O–H groups in total. The van der Waals surface area contributed by atoms with E-state index < -0.39 is 0 Å². The second-order valence-corrected chi connectivity index (χ2v) is 2.65. The lowest BCUT2D eigenvalue weighted by atomic mass is 10.1. The maximum Gasteiger partial charge on any atom is 0.0644 e. The largest absolute Gasteiger partial charge is 0.377 e. The fourth-order valence-corrected chi connectivity index (χ4v) is 0.981. The van der Waals surface area contributed by atoms with Crippen LogP contribution in [0.1, 0.15) is 13.3 Å². The highest BCUT2D eigenvalue weighted by Gasteiger charge is 2.01. The standard InChI is InChI=1S/C8H16OS/c1-3-5-9-6-8(4-2)7-10/h3,8,10H,1,4-7H2,2H3. The molecule has 0 bridgehead atoms. The zero-order valence-corrected chi connectivity index (χ0v) is 7.44. The van der Waals surface area contributed by atoms with Gasteiger partial charge in [0, 0.05) is 0 Å². The van der Waals surface area contributed by atoms with E-state index >= 15 is 0 Å². The Morgan fingerprint density at radius 3 is 2.80 bits per heavy atom. The van der Waals surface area contributed by atoms with Crippen molar-refractivity contribution in [1.29, 1.82) is 0 Å². The predicted molar refractivity (Wildman–Crippen MR) is 48.7 cm³/mol. The zero-order valence-electron chi connectivity index (χ0n) is 6.55. The predicted octanol–water partition coefficient (Wildman–Crippen LogP) is 2.15. The van der Waals surface area contributed by atoms with Crippen LogP contribution >= 0.6 is 12.6 Å². The van der Waals surface area contributed by atoms with Gasteiger partial charge in [-0.05, 0) is 11.7 Å². The number of ether oxygens (including phenoxy) is 1. The summed E-state index contributed by atoms with van der Waals surface area (Å²) >= 11 is 4.19. The minimum Gasteiger partial charge on any atom is -0.377 e. The maximum absolute atomic E-state index is 5.26. The van der Waals surface area contributed by atoms with Gasteiger partial charge in [-0.2, -0.15) is 12.6 Å². The molecule has 0 aliphatic carbocycles. The molecule has 0 saturated carbocycles. The molecule has 1 atom stereocenters. The van der Waals surface area contributed by atoms with Gasteiger partial charge in [-0.3, -0.25) is 0 Å². The van der Waals surface area contributed by atoms with Gasteiger partial charge >= 0.3 is 0 Å². The van der Waals surface area contributed by atoms with E-state index in [4.69, 9.17) is 4.74 Å². The van der Waals surface area contributed by atoms with Gasteiger partial charge in [0.15, 0.2) is 0 Å². The van der Waals surface area contributed by atoms with Gasteiger partial charge in [-0.25, -0.2) is 0 Å².